The summed E-state index contributed by atoms with van der Waals surface area (Å²) < 4.78 is 13.3. The van der Waals surface area contributed by atoms with Gasteiger partial charge in [0.2, 0.25) is 0 Å². The highest BCUT2D eigenvalue weighted by Crippen LogP contribution is 2.58. The van der Waals surface area contributed by atoms with E-state index in [1.807, 2.05) is 51.5 Å². The van der Waals surface area contributed by atoms with Gasteiger partial charge >= 0.3 is 11.9 Å². The number of guanidine groups is 1. The van der Waals surface area contributed by atoms with Gasteiger partial charge in [-0.3, -0.25) is 19.4 Å². The van der Waals surface area contributed by atoms with Gasteiger partial charge in [0, 0.05) is 25.7 Å². The molecule has 4 bridgehead atoms. The van der Waals surface area contributed by atoms with Gasteiger partial charge in [-0.1, -0.05) is 19.9 Å². The molecular weight excluding hydrogens is 795 g/mol. The lowest BCUT2D eigenvalue weighted by Crippen LogP contribution is -2.70. The molecule has 17 nitrogen and oxygen atoms in total. The van der Waals surface area contributed by atoms with Crippen molar-refractivity contribution in [2.45, 2.75) is 82.7 Å². The van der Waals surface area contributed by atoms with Crippen LogP contribution < -0.4 is 32.0 Å². The Morgan fingerprint density at radius 2 is 1.53 bits per heavy atom. The summed E-state index contributed by atoms with van der Waals surface area (Å²) in [5.41, 5.74) is 17.4. The normalized spacial score (nSPS) is 21.5. The van der Waals surface area contributed by atoms with Gasteiger partial charge in [0.1, 0.15) is 23.1 Å². The predicted octanol–water partition coefficient (Wildman–Crippen LogP) is 4.16. The summed E-state index contributed by atoms with van der Waals surface area (Å²) in [6.07, 6.45) is 6.28. The minimum absolute atomic E-state index is 0.00554. The standard InChI is InChI=1S/C39H51N5O6.C6H14N4O2/c1-23(2)29-21-26(37(46)43(5)15-9-14-42(3)4)12-13-31(29)44-32(35-33(49-6)10-8-11-34(35)50-7)22-30(41-44)36(45)40-39(38(47)48)27-17-24-16-25(19-27)20-28(39)18-24;7-4(5(11)12)2-1-3-10-6(8)9/h8,10-13,21-25,27-28H,9,14-20H2,1-7H3,(H,40,45)(H,47,48);4H,1-3,7H2,(H,11,12)(H4,8,9,10)/t;4-/m.0/s1. The fourth-order valence-electron chi connectivity index (χ4n) is 9.68. The lowest BCUT2D eigenvalue weighted by Gasteiger charge is -2.59. The number of hydrogen-bond donors (Lipinski definition) is 6. The zero-order valence-corrected chi connectivity index (χ0v) is 37.1. The van der Waals surface area contributed by atoms with E-state index in [1.54, 1.807) is 35.9 Å². The van der Waals surface area contributed by atoms with Crippen LogP contribution in [0, 0.1) is 23.7 Å². The highest BCUT2D eigenvalue weighted by Gasteiger charge is 2.62. The van der Waals surface area contributed by atoms with Crippen molar-refractivity contribution in [2.75, 3.05) is 55.0 Å². The minimum atomic E-state index is -1.32. The highest BCUT2D eigenvalue weighted by atomic mass is 16.5. The van der Waals surface area contributed by atoms with E-state index in [9.17, 15) is 24.3 Å². The average Bonchev–Trinajstić information content (AvgIpc) is 3.67. The smallest absolute Gasteiger partial charge is 0.330 e. The van der Waals surface area contributed by atoms with Gasteiger partial charge < -0.3 is 52.0 Å². The third kappa shape index (κ3) is 10.5. The number of carboxylic acid groups (broad SMARTS) is 2. The highest BCUT2D eigenvalue weighted by molar-refractivity contribution is 5.98. The van der Waals surface area contributed by atoms with Crippen molar-refractivity contribution in [1.82, 2.24) is 24.9 Å². The number of methoxy groups -OCH3 is 2. The van der Waals surface area contributed by atoms with E-state index in [-0.39, 0.29) is 35.3 Å². The number of ether oxygens (including phenoxy) is 2. The number of nitrogens with zero attached hydrogens (tertiary/aromatic N) is 5. The number of benzene rings is 2. The van der Waals surface area contributed by atoms with Crippen molar-refractivity contribution in [2.24, 2.45) is 45.9 Å². The molecule has 4 saturated carbocycles. The molecule has 0 saturated heterocycles. The second-order valence-corrected chi connectivity index (χ2v) is 17.5. The largest absolute Gasteiger partial charge is 0.496 e. The molecule has 0 radical (unpaired) electrons. The first-order valence-electron chi connectivity index (χ1n) is 21.4. The molecule has 9 N–H and O–H groups in total. The third-order valence-corrected chi connectivity index (χ3v) is 12.6. The topological polar surface area (TPSA) is 254 Å². The van der Waals surface area contributed by atoms with Crippen molar-refractivity contribution < 1.29 is 38.9 Å². The van der Waals surface area contributed by atoms with Gasteiger partial charge in [0.15, 0.2) is 11.7 Å². The number of nitrogens with two attached hydrogens (primary N) is 3. The number of aliphatic carboxylic acids is 2. The van der Waals surface area contributed by atoms with E-state index in [0.29, 0.717) is 71.8 Å². The molecular formula is C45H65N9O8. The number of amides is 2. The Balaban J connectivity index is 0.000000528. The van der Waals surface area contributed by atoms with Crippen molar-refractivity contribution >= 4 is 29.7 Å². The molecule has 338 valence electrons. The maximum absolute atomic E-state index is 14.3. The Morgan fingerprint density at radius 1 is 0.919 bits per heavy atom. The summed E-state index contributed by atoms with van der Waals surface area (Å²) in [5, 5.41) is 27.0. The first-order valence-corrected chi connectivity index (χ1v) is 21.4. The summed E-state index contributed by atoms with van der Waals surface area (Å²) in [5.74, 6) is -0.627. The quantitative estimate of drug-likeness (QED) is 0.0598. The molecule has 2 aromatic carbocycles. The van der Waals surface area contributed by atoms with Crippen LogP contribution in [0.25, 0.3) is 16.9 Å². The SMILES string of the molecule is COc1cccc(OC)c1-c1cc(C(=O)NC2(C(=O)O)C3CC4CC(C3)CC2C4)nn1-c1ccc(C(=O)N(C)CCCN(C)C)cc1C(C)C.NC(N)=NCCC[C@H](N)C(=O)O. The van der Waals surface area contributed by atoms with Crippen molar-refractivity contribution in [1.29, 1.82) is 0 Å². The van der Waals surface area contributed by atoms with Gasteiger partial charge in [0.25, 0.3) is 11.8 Å². The Bertz CT molecular complexity index is 2060. The van der Waals surface area contributed by atoms with E-state index >= 15 is 0 Å². The fourth-order valence-corrected chi connectivity index (χ4v) is 9.68. The number of carboxylic acids is 2. The molecule has 1 aromatic heterocycles. The minimum Gasteiger partial charge on any atom is -0.496 e. The Kier molecular flexibility index (Phi) is 15.6. The van der Waals surface area contributed by atoms with Crippen molar-refractivity contribution in [3.8, 4) is 28.4 Å². The molecule has 0 spiro atoms. The fraction of sp³-hybridized carbons (Fsp3) is 0.556. The molecule has 3 aromatic rings. The van der Waals surface area contributed by atoms with E-state index in [2.05, 4.69) is 29.1 Å². The van der Waals surface area contributed by atoms with Crippen LogP contribution in [0.4, 0.5) is 0 Å². The summed E-state index contributed by atoms with van der Waals surface area (Å²) in [4.78, 5) is 58.6. The Hall–Kier alpha value is -5.68. The maximum Gasteiger partial charge on any atom is 0.330 e. The summed E-state index contributed by atoms with van der Waals surface area (Å²) in [6, 6.07) is 11.9. The summed E-state index contributed by atoms with van der Waals surface area (Å²) in [6.45, 7) is 6.04. The molecule has 4 aliphatic carbocycles. The number of aromatic nitrogens is 2. The monoisotopic (exact) mass is 859 g/mol. The zero-order valence-electron chi connectivity index (χ0n) is 37.1. The summed E-state index contributed by atoms with van der Waals surface area (Å²) in [7, 11) is 9.00. The molecule has 1 atom stereocenters. The van der Waals surface area contributed by atoms with Crippen LogP contribution in [0.2, 0.25) is 0 Å². The molecule has 4 fully saturated rings. The second kappa shape index (κ2) is 20.5. The molecule has 7 rings (SSSR count). The van der Waals surface area contributed by atoms with E-state index in [4.69, 9.17) is 36.9 Å². The number of carbonyl (C=O) groups excluding carboxylic acids is 2. The Morgan fingerprint density at radius 3 is 2.05 bits per heavy atom. The van der Waals surface area contributed by atoms with E-state index in [1.165, 1.54) is 6.42 Å². The molecule has 0 aliphatic heterocycles. The van der Waals surface area contributed by atoms with E-state index in [0.717, 1.165) is 44.2 Å². The molecule has 17 heteroatoms. The number of rotatable bonds is 18. The lowest BCUT2D eigenvalue weighted by molar-refractivity contribution is -0.163. The number of carbonyl (C=O) groups is 4. The van der Waals surface area contributed by atoms with Crippen molar-refractivity contribution in [3.63, 3.8) is 0 Å². The first-order chi connectivity index (χ1) is 29.4. The van der Waals surface area contributed by atoms with Crippen LogP contribution in [0.5, 0.6) is 11.5 Å². The van der Waals surface area contributed by atoms with Gasteiger partial charge in [0.05, 0.1) is 31.2 Å². The summed E-state index contributed by atoms with van der Waals surface area (Å²) >= 11 is 0. The van der Waals surface area contributed by atoms with Crippen LogP contribution in [-0.4, -0.2) is 126 Å². The zero-order chi connectivity index (χ0) is 45.5. The van der Waals surface area contributed by atoms with E-state index < -0.39 is 29.4 Å². The predicted molar refractivity (Wildman–Crippen MR) is 237 cm³/mol. The first kappa shape index (κ1) is 47.4. The molecule has 62 heavy (non-hydrogen) atoms. The Labute approximate surface area is 364 Å². The average molecular weight is 860 g/mol. The van der Waals surface area contributed by atoms with Crippen LogP contribution in [-0.2, 0) is 9.59 Å². The van der Waals surface area contributed by atoms with Gasteiger partial charge in [-0.15, -0.1) is 0 Å². The van der Waals surface area contributed by atoms with Gasteiger partial charge in [-0.25, -0.2) is 9.48 Å². The lowest BCUT2D eigenvalue weighted by atomic mass is 9.48. The van der Waals surface area contributed by atoms with Gasteiger partial charge in [-0.2, -0.15) is 5.10 Å². The van der Waals surface area contributed by atoms with Crippen LogP contribution in [0.15, 0.2) is 47.5 Å². The molecule has 4 aliphatic rings. The van der Waals surface area contributed by atoms with Crippen LogP contribution in [0.1, 0.15) is 97.5 Å². The van der Waals surface area contributed by atoms with Crippen LogP contribution >= 0.6 is 0 Å². The maximum atomic E-state index is 14.3. The van der Waals surface area contributed by atoms with Crippen molar-refractivity contribution in [3.05, 3.63) is 59.3 Å². The number of nitrogens with one attached hydrogen (secondary N) is 1. The van der Waals surface area contributed by atoms with Gasteiger partial charge in [-0.05, 0) is 144 Å². The second-order valence-electron chi connectivity index (χ2n) is 17.5. The number of aliphatic imine (C=N–C) groups is 1. The molecule has 0 unspecified atom stereocenters. The molecule has 1 heterocycles. The molecule has 2 amide bonds. The van der Waals surface area contributed by atoms with Crippen LogP contribution in [0.3, 0.4) is 0 Å². The number of hydrogen-bond acceptors (Lipinski definition) is 10. The third-order valence-electron chi connectivity index (χ3n) is 12.6.